The predicted molar refractivity (Wildman–Crippen MR) is 120 cm³/mol. The van der Waals surface area contributed by atoms with Crippen molar-refractivity contribution in [2.24, 2.45) is 0 Å². The number of nitrogens with zero attached hydrogens (tertiary/aromatic N) is 1. The second-order valence-electron chi connectivity index (χ2n) is 7.25. The maximum absolute atomic E-state index is 13.2. The van der Waals surface area contributed by atoms with E-state index in [2.05, 4.69) is 4.98 Å². The molecule has 33 heavy (non-hydrogen) atoms. The molecule has 0 saturated carbocycles. The monoisotopic (exact) mass is 479 g/mol. The van der Waals surface area contributed by atoms with Crippen LogP contribution in [0.4, 0.5) is 13.2 Å². The number of hydrogen-bond donors (Lipinski definition) is 1. The average Bonchev–Trinajstić information content (AvgIpc) is 3.26. The fourth-order valence-corrected chi connectivity index (χ4v) is 4.11. The first-order valence-electron chi connectivity index (χ1n) is 10.4. The van der Waals surface area contributed by atoms with Gasteiger partial charge >= 0.3 is 12.1 Å². The lowest BCUT2D eigenvalue weighted by Crippen LogP contribution is -2.26. The quantitative estimate of drug-likeness (QED) is 0.348. The normalized spacial score (nSPS) is 12.5. The molecule has 1 atom stereocenters. The van der Waals surface area contributed by atoms with Gasteiger partial charge < -0.3 is 14.6 Å². The minimum absolute atomic E-state index is 0.0818. The summed E-state index contributed by atoms with van der Waals surface area (Å²) in [6, 6.07) is 12.6. The summed E-state index contributed by atoms with van der Waals surface area (Å²) >= 11 is 1.33. The Labute approximate surface area is 193 Å². The first-order chi connectivity index (χ1) is 15.8. The van der Waals surface area contributed by atoms with E-state index in [-0.39, 0.29) is 12.0 Å². The van der Waals surface area contributed by atoms with Crippen LogP contribution in [0.5, 0.6) is 5.75 Å². The van der Waals surface area contributed by atoms with Crippen LogP contribution in [0.3, 0.4) is 0 Å². The number of thiazole rings is 1. The summed E-state index contributed by atoms with van der Waals surface area (Å²) in [6.45, 7) is 2.50. The Hall–Kier alpha value is -2.91. The van der Waals surface area contributed by atoms with Gasteiger partial charge in [0.15, 0.2) is 6.10 Å². The van der Waals surface area contributed by atoms with Gasteiger partial charge in [-0.05, 0) is 37.1 Å². The Bertz CT molecular complexity index is 1050. The largest absolute Gasteiger partial charge is 0.494 e. The van der Waals surface area contributed by atoms with E-state index in [4.69, 9.17) is 14.6 Å². The van der Waals surface area contributed by atoms with Crippen LogP contribution < -0.4 is 4.74 Å². The molecule has 0 aliphatic rings. The molecule has 0 radical (unpaired) electrons. The summed E-state index contributed by atoms with van der Waals surface area (Å²) in [5.74, 6) is -0.342. The second-order valence-corrected chi connectivity index (χ2v) is 8.19. The Balaban J connectivity index is 1.50. The van der Waals surface area contributed by atoms with E-state index in [1.807, 2.05) is 0 Å². The van der Waals surface area contributed by atoms with Crippen molar-refractivity contribution in [2.75, 3.05) is 13.2 Å². The van der Waals surface area contributed by atoms with E-state index in [1.54, 1.807) is 42.6 Å². The lowest BCUT2D eigenvalue weighted by Gasteiger charge is -2.13. The van der Waals surface area contributed by atoms with Crippen molar-refractivity contribution in [3.05, 3.63) is 70.0 Å². The van der Waals surface area contributed by atoms with Crippen molar-refractivity contribution in [1.82, 2.24) is 4.98 Å². The maximum Gasteiger partial charge on any atom is 0.417 e. The SMILES string of the molecule is CCOC(Cc1ccc(OCCCc2nc(-c3ccccc3C(F)(F)F)cs2)cc1)C(=O)O. The number of carbonyl (C=O) groups is 1. The summed E-state index contributed by atoms with van der Waals surface area (Å²) in [5.41, 5.74) is 0.548. The van der Waals surface area contributed by atoms with Crippen molar-refractivity contribution in [3.63, 3.8) is 0 Å². The molecule has 1 unspecified atom stereocenters. The highest BCUT2D eigenvalue weighted by Crippen LogP contribution is 2.37. The number of aliphatic carboxylic acids is 1. The lowest BCUT2D eigenvalue weighted by molar-refractivity contribution is -0.150. The minimum Gasteiger partial charge on any atom is -0.494 e. The molecule has 0 amide bonds. The Morgan fingerprint density at radius 3 is 2.55 bits per heavy atom. The molecule has 1 heterocycles. The van der Waals surface area contributed by atoms with Crippen LogP contribution in [0.2, 0.25) is 0 Å². The molecular weight excluding hydrogens is 455 g/mol. The van der Waals surface area contributed by atoms with Crippen LogP contribution >= 0.6 is 11.3 Å². The summed E-state index contributed by atoms with van der Waals surface area (Å²) in [4.78, 5) is 15.6. The number of carboxylic acid groups (broad SMARTS) is 1. The fraction of sp³-hybridized carbons (Fsp3) is 0.333. The Kier molecular flexibility index (Phi) is 8.46. The van der Waals surface area contributed by atoms with Gasteiger partial charge in [-0.1, -0.05) is 30.3 Å². The fourth-order valence-electron chi connectivity index (χ4n) is 3.27. The van der Waals surface area contributed by atoms with E-state index < -0.39 is 23.8 Å². The average molecular weight is 480 g/mol. The second kappa shape index (κ2) is 11.3. The number of hydrogen-bond acceptors (Lipinski definition) is 5. The minimum atomic E-state index is -4.43. The zero-order chi connectivity index (χ0) is 23.8. The van der Waals surface area contributed by atoms with Gasteiger partial charge in [0.25, 0.3) is 0 Å². The zero-order valence-corrected chi connectivity index (χ0v) is 18.8. The third-order valence-corrected chi connectivity index (χ3v) is 5.76. The van der Waals surface area contributed by atoms with Crippen molar-refractivity contribution in [1.29, 1.82) is 0 Å². The number of aromatic nitrogens is 1. The molecule has 176 valence electrons. The molecule has 0 spiro atoms. The van der Waals surface area contributed by atoms with E-state index in [0.717, 1.165) is 16.6 Å². The van der Waals surface area contributed by atoms with Crippen molar-refractivity contribution in [2.45, 2.75) is 38.5 Å². The molecule has 1 N–H and O–H groups in total. The maximum atomic E-state index is 13.2. The first-order valence-corrected chi connectivity index (χ1v) is 11.3. The molecule has 0 aliphatic carbocycles. The van der Waals surface area contributed by atoms with Crippen LogP contribution in [0.1, 0.15) is 29.5 Å². The number of halogens is 3. The van der Waals surface area contributed by atoms with Crippen molar-refractivity contribution < 1.29 is 32.5 Å². The van der Waals surface area contributed by atoms with Gasteiger partial charge in [0.05, 0.1) is 22.9 Å². The number of rotatable bonds is 11. The molecule has 5 nitrogen and oxygen atoms in total. The van der Waals surface area contributed by atoms with E-state index in [0.29, 0.717) is 37.5 Å². The number of benzene rings is 2. The van der Waals surface area contributed by atoms with Crippen molar-refractivity contribution >= 4 is 17.3 Å². The lowest BCUT2D eigenvalue weighted by atomic mass is 10.1. The van der Waals surface area contributed by atoms with Crippen molar-refractivity contribution in [3.8, 4) is 17.0 Å². The van der Waals surface area contributed by atoms with Crippen LogP contribution in [0.15, 0.2) is 53.9 Å². The van der Waals surface area contributed by atoms with Crippen LogP contribution in [0.25, 0.3) is 11.3 Å². The third-order valence-electron chi connectivity index (χ3n) is 4.85. The standard InChI is InChI=1S/C24H24F3NO4S/c1-2-31-21(23(29)30)14-16-9-11-17(12-10-16)32-13-5-8-22-28-20(15-33-22)18-6-3-4-7-19(18)24(25,26)27/h3-4,6-7,9-12,15,21H,2,5,8,13-14H2,1H3,(H,29,30). The number of aryl methyl sites for hydroxylation is 1. The van der Waals surface area contributed by atoms with Gasteiger partial charge in [-0.2, -0.15) is 13.2 Å². The molecule has 0 aliphatic heterocycles. The van der Waals surface area contributed by atoms with Gasteiger partial charge in [0.1, 0.15) is 5.75 Å². The number of carboxylic acids is 1. The van der Waals surface area contributed by atoms with Gasteiger partial charge in [-0.25, -0.2) is 9.78 Å². The smallest absolute Gasteiger partial charge is 0.417 e. The van der Waals surface area contributed by atoms with E-state index in [1.165, 1.54) is 23.5 Å². The number of alkyl halides is 3. The molecule has 3 aromatic rings. The van der Waals surface area contributed by atoms with Crippen LogP contribution in [-0.4, -0.2) is 35.4 Å². The zero-order valence-electron chi connectivity index (χ0n) is 18.0. The summed E-state index contributed by atoms with van der Waals surface area (Å²) in [5, 5.41) is 11.6. The van der Waals surface area contributed by atoms with E-state index >= 15 is 0 Å². The topological polar surface area (TPSA) is 68.7 Å². The highest BCUT2D eigenvalue weighted by Gasteiger charge is 2.33. The molecule has 2 aromatic carbocycles. The summed E-state index contributed by atoms with van der Waals surface area (Å²) in [6.07, 6.45) is -3.80. The Morgan fingerprint density at radius 2 is 1.88 bits per heavy atom. The third kappa shape index (κ3) is 7.03. The van der Waals surface area contributed by atoms with Gasteiger partial charge in [0, 0.05) is 30.4 Å². The Morgan fingerprint density at radius 1 is 1.15 bits per heavy atom. The summed E-state index contributed by atoms with van der Waals surface area (Å²) < 4.78 is 50.6. The highest BCUT2D eigenvalue weighted by molar-refractivity contribution is 7.09. The molecule has 0 saturated heterocycles. The molecule has 0 bridgehead atoms. The van der Waals surface area contributed by atoms with Gasteiger partial charge in [-0.15, -0.1) is 11.3 Å². The highest BCUT2D eigenvalue weighted by atomic mass is 32.1. The van der Waals surface area contributed by atoms with Gasteiger partial charge in [-0.3, -0.25) is 0 Å². The van der Waals surface area contributed by atoms with Gasteiger partial charge in [0.2, 0.25) is 0 Å². The predicted octanol–water partition coefficient (Wildman–Crippen LogP) is 5.87. The molecule has 0 fully saturated rings. The summed E-state index contributed by atoms with van der Waals surface area (Å²) in [7, 11) is 0. The molecule has 3 rings (SSSR count). The first kappa shape index (κ1) is 24.7. The van der Waals surface area contributed by atoms with Crippen LogP contribution in [0, 0.1) is 0 Å². The molecular formula is C24H24F3NO4S. The molecule has 9 heteroatoms. The van der Waals surface area contributed by atoms with E-state index in [9.17, 15) is 18.0 Å². The molecule has 1 aromatic heterocycles. The number of ether oxygens (including phenoxy) is 2. The van der Waals surface area contributed by atoms with Crippen LogP contribution in [-0.2, 0) is 28.5 Å².